The third kappa shape index (κ3) is 2.90. The third-order valence-corrected chi connectivity index (χ3v) is 2.46. The predicted molar refractivity (Wildman–Crippen MR) is 65.8 cm³/mol. The minimum Gasteiger partial charge on any atom is -0.495 e. The zero-order valence-corrected chi connectivity index (χ0v) is 10.2. The molecule has 0 aliphatic rings. The molecule has 0 bridgehead atoms. The summed E-state index contributed by atoms with van der Waals surface area (Å²) in [6.45, 7) is 6.09. The average Bonchev–Trinajstić information content (AvgIpc) is 2.29. The Bertz CT molecular complexity index is 393. The van der Waals surface area contributed by atoms with Crippen LogP contribution in [0.3, 0.4) is 0 Å². The molecule has 0 heterocycles. The van der Waals surface area contributed by atoms with Crippen LogP contribution in [0.4, 0.5) is 5.69 Å². The van der Waals surface area contributed by atoms with Crippen molar-refractivity contribution >= 4 is 5.69 Å². The summed E-state index contributed by atoms with van der Waals surface area (Å²) >= 11 is 0. The molecule has 1 rings (SSSR count). The normalized spacial score (nSPS) is 12.0. The minimum absolute atomic E-state index is 0.223. The van der Waals surface area contributed by atoms with E-state index in [2.05, 4.69) is 31.3 Å². The van der Waals surface area contributed by atoms with Gasteiger partial charge in [-0.25, -0.2) is 0 Å². The van der Waals surface area contributed by atoms with E-state index in [1.807, 2.05) is 19.1 Å². The van der Waals surface area contributed by atoms with Gasteiger partial charge < -0.3 is 10.1 Å². The summed E-state index contributed by atoms with van der Waals surface area (Å²) in [5, 5.41) is 11.8. The van der Waals surface area contributed by atoms with Gasteiger partial charge in [-0.15, -0.1) is 0 Å². The molecule has 0 aliphatic heterocycles. The van der Waals surface area contributed by atoms with Crippen LogP contribution in [-0.2, 0) is 0 Å². The first-order valence-electron chi connectivity index (χ1n) is 5.42. The third-order valence-electron chi connectivity index (χ3n) is 2.46. The highest BCUT2D eigenvalue weighted by molar-refractivity contribution is 5.59. The smallest absolute Gasteiger partial charge is 0.142 e. The Morgan fingerprint density at radius 3 is 2.50 bits per heavy atom. The van der Waals surface area contributed by atoms with Gasteiger partial charge in [-0.05, 0) is 30.5 Å². The number of methoxy groups -OCH3 is 1. The van der Waals surface area contributed by atoms with Crippen LogP contribution in [0.2, 0.25) is 0 Å². The van der Waals surface area contributed by atoms with Crippen molar-refractivity contribution in [2.45, 2.75) is 32.7 Å². The van der Waals surface area contributed by atoms with Crippen LogP contribution in [0, 0.1) is 11.3 Å². The highest BCUT2D eigenvalue weighted by atomic mass is 16.5. The van der Waals surface area contributed by atoms with E-state index in [-0.39, 0.29) is 6.04 Å². The number of hydrogen-bond acceptors (Lipinski definition) is 3. The maximum absolute atomic E-state index is 8.75. The lowest BCUT2D eigenvalue weighted by atomic mass is 10.0. The van der Waals surface area contributed by atoms with Crippen LogP contribution >= 0.6 is 0 Å². The minimum atomic E-state index is -0.223. The topological polar surface area (TPSA) is 45.0 Å². The lowest BCUT2D eigenvalue weighted by Gasteiger charge is -2.15. The number of nitriles is 1. The Morgan fingerprint density at radius 2 is 2.00 bits per heavy atom. The molecule has 0 radical (unpaired) electrons. The van der Waals surface area contributed by atoms with Crippen LogP contribution in [0.25, 0.3) is 0 Å². The van der Waals surface area contributed by atoms with Gasteiger partial charge in [-0.2, -0.15) is 5.26 Å². The summed E-state index contributed by atoms with van der Waals surface area (Å²) in [5.41, 5.74) is 2.09. The average molecular weight is 218 g/mol. The van der Waals surface area contributed by atoms with Crippen molar-refractivity contribution < 1.29 is 4.74 Å². The molecular formula is C13H18N2O. The summed E-state index contributed by atoms with van der Waals surface area (Å²) in [4.78, 5) is 0. The molecule has 0 aromatic heterocycles. The van der Waals surface area contributed by atoms with E-state index in [0.717, 1.165) is 11.4 Å². The molecular weight excluding hydrogens is 200 g/mol. The van der Waals surface area contributed by atoms with E-state index in [1.165, 1.54) is 5.56 Å². The molecule has 0 saturated heterocycles. The van der Waals surface area contributed by atoms with Crippen molar-refractivity contribution in [1.29, 1.82) is 5.26 Å². The van der Waals surface area contributed by atoms with E-state index < -0.39 is 0 Å². The predicted octanol–water partition coefficient (Wildman–Crippen LogP) is 3.14. The molecule has 3 heteroatoms. The van der Waals surface area contributed by atoms with Gasteiger partial charge in [0.15, 0.2) is 0 Å². The molecule has 0 aliphatic carbocycles. The van der Waals surface area contributed by atoms with Gasteiger partial charge in [0.25, 0.3) is 0 Å². The van der Waals surface area contributed by atoms with Crippen molar-refractivity contribution in [1.82, 2.24) is 0 Å². The van der Waals surface area contributed by atoms with E-state index in [9.17, 15) is 0 Å². The molecule has 1 aromatic rings. The molecule has 1 unspecified atom stereocenters. The molecule has 0 saturated carbocycles. The first-order chi connectivity index (χ1) is 7.58. The van der Waals surface area contributed by atoms with E-state index >= 15 is 0 Å². The molecule has 3 nitrogen and oxygen atoms in total. The molecule has 1 aromatic carbocycles. The monoisotopic (exact) mass is 218 g/mol. The number of rotatable bonds is 4. The van der Waals surface area contributed by atoms with E-state index in [0.29, 0.717) is 5.92 Å². The zero-order chi connectivity index (χ0) is 12.1. The molecule has 0 spiro atoms. The van der Waals surface area contributed by atoms with Crippen LogP contribution in [0.5, 0.6) is 5.75 Å². The fourth-order valence-corrected chi connectivity index (χ4v) is 1.45. The number of nitrogens with zero attached hydrogens (tertiary/aromatic N) is 1. The largest absolute Gasteiger partial charge is 0.495 e. The lowest BCUT2D eigenvalue weighted by molar-refractivity contribution is 0.415. The van der Waals surface area contributed by atoms with E-state index in [4.69, 9.17) is 10.00 Å². The Kier molecular flexibility index (Phi) is 4.19. The van der Waals surface area contributed by atoms with Gasteiger partial charge in [0.05, 0.1) is 18.9 Å². The Hall–Kier alpha value is -1.69. The van der Waals surface area contributed by atoms with Crippen molar-refractivity contribution in [3.8, 4) is 11.8 Å². The molecule has 16 heavy (non-hydrogen) atoms. The fraction of sp³-hybridized carbons (Fsp3) is 0.462. The SMILES string of the molecule is COc1cc(C(C)C)ccc1NC(C)C#N. The maximum Gasteiger partial charge on any atom is 0.142 e. The Morgan fingerprint density at radius 1 is 1.31 bits per heavy atom. The second-order valence-electron chi connectivity index (χ2n) is 4.11. The number of nitrogens with one attached hydrogen (secondary N) is 1. The summed E-state index contributed by atoms with van der Waals surface area (Å²) < 4.78 is 5.31. The quantitative estimate of drug-likeness (QED) is 0.844. The molecule has 1 atom stereocenters. The Balaban J connectivity index is 2.98. The lowest BCUT2D eigenvalue weighted by Crippen LogP contribution is -2.12. The van der Waals surface area contributed by atoms with Crippen LogP contribution in [-0.4, -0.2) is 13.2 Å². The number of anilines is 1. The molecule has 86 valence electrons. The standard InChI is InChI=1S/C13H18N2O/c1-9(2)11-5-6-12(13(7-11)16-4)15-10(3)8-14/h5-7,9-10,15H,1-4H3. The number of benzene rings is 1. The highest BCUT2D eigenvalue weighted by Gasteiger charge is 2.08. The summed E-state index contributed by atoms with van der Waals surface area (Å²) in [6, 6.07) is 7.94. The number of hydrogen-bond donors (Lipinski definition) is 1. The first kappa shape index (κ1) is 12.4. The summed E-state index contributed by atoms with van der Waals surface area (Å²) in [7, 11) is 1.64. The van der Waals surface area contributed by atoms with E-state index in [1.54, 1.807) is 7.11 Å². The second-order valence-corrected chi connectivity index (χ2v) is 4.11. The van der Waals surface area contributed by atoms with Crippen molar-refractivity contribution in [2.24, 2.45) is 0 Å². The van der Waals surface area contributed by atoms with Gasteiger partial charge >= 0.3 is 0 Å². The van der Waals surface area contributed by atoms with Gasteiger partial charge in [0.1, 0.15) is 11.8 Å². The van der Waals surface area contributed by atoms with Crippen LogP contribution in [0.15, 0.2) is 18.2 Å². The highest BCUT2D eigenvalue weighted by Crippen LogP contribution is 2.29. The van der Waals surface area contributed by atoms with Crippen molar-refractivity contribution in [2.75, 3.05) is 12.4 Å². The van der Waals surface area contributed by atoms with Crippen LogP contribution in [0.1, 0.15) is 32.3 Å². The van der Waals surface area contributed by atoms with Gasteiger partial charge in [-0.3, -0.25) is 0 Å². The zero-order valence-electron chi connectivity index (χ0n) is 10.2. The van der Waals surface area contributed by atoms with Gasteiger partial charge in [-0.1, -0.05) is 19.9 Å². The Labute approximate surface area is 97.0 Å². The van der Waals surface area contributed by atoms with Crippen molar-refractivity contribution in [3.63, 3.8) is 0 Å². The van der Waals surface area contributed by atoms with Gasteiger partial charge in [0, 0.05) is 0 Å². The molecule has 1 N–H and O–H groups in total. The first-order valence-corrected chi connectivity index (χ1v) is 5.42. The molecule has 0 amide bonds. The van der Waals surface area contributed by atoms with Crippen LogP contribution < -0.4 is 10.1 Å². The number of ether oxygens (including phenoxy) is 1. The van der Waals surface area contributed by atoms with Gasteiger partial charge in [0.2, 0.25) is 0 Å². The molecule has 0 fully saturated rings. The second kappa shape index (κ2) is 5.41. The maximum atomic E-state index is 8.75. The fourth-order valence-electron chi connectivity index (χ4n) is 1.45. The summed E-state index contributed by atoms with van der Waals surface area (Å²) in [5.74, 6) is 1.25. The van der Waals surface area contributed by atoms with Crippen molar-refractivity contribution in [3.05, 3.63) is 23.8 Å². The summed E-state index contributed by atoms with van der Waals surface area (Å²) in [6.07, 6.45) is 0.